The molecule has 0 bridgehead atoms. The van der Waals surface area contributed by atoms with E-state index in [1.165, 1.54) is 5.56 Å². The fraction of sp³-hybridized carbons (Fsp3) is 0.200. The van der Waals surface area contributed by atoms with Crippen molar-refractivity contribution in [1.82, 2.24) is 5.32 Å². The van der Waals surface area contributed by atoms with Gasteiger partial charge in [-0.2, -0.15) is 0 Å². The molecule has 94 valence electrons. The van der Waals surface area contributed by atoms with Crippen molar-refractivity contribution < 1.29 is 9.47 Å². The van der Waals surface area contributed by atoms with Crippen LogP contribution in [0.4, 0.5) is 0 Å². The van der Waals surface area contributed by atoms with Crippen LogP contribution in [-0.4, -0.2) is 13.8 Å². The molecule has 0 saturated carbocycles. The number of hydrogen-bond donors (Lipinski definition) is 1. The summed E-state index contributed by atoms with van der Waals surface area (Å²) in [6, 6.07) is 17.8. The highest BCUT2D eigenvalue weighted by atomic mass is 16.5. The van der Waals surface area contributed by atoms with E-state index in [4.69, 9.17) is 9.47 Å². The summed E-state index contributed by atoms with van der Waals surface area (Å²) in [5.74, 6) is 1.69. The average Bonchev–Trinajstić information content (AvgIpc) is 2.42. The second-order valence-corrected chi connectivity index (χ2v) is 3.92. The standard InChI is InChI=1S/C15H17NO2/c1-17-12-16-11-13-7-9-15(10-8-13)18-14-5-3-2-4-6-14/h2-10,16H,11-12H2,1H3. The highest BCUT2D eigenvalue weighted by Crippen LogP contribution is 2.20. The second kappa shape index (κ2) is 6.79. The zero-order chi connectivity index (χ0) is 12.6. The van der Waals surface area contributed by atoms with Gasteiger partial charge in [0.25, 0.3) is 0 Å². The third-order valence-electron chi connectivity index (χ3n) is 2.48. The van der Waals surface area contributed by atoms with Crippen LogP contribution >= 0.6 is 0 Å². The van der Waals surface area contributed by atoms with Crippen molar-refractivity contribution in [2.75, 3.05) is 13.8 Å². The molecular weight excluding hydrogens is 226 g/mol. The molecule has 0 fully saturated rings. The quantitative estimate of drug-likeness (QED) is 0.624. The van der Waals surface area contributed by atoms with E-state index < -0.39 is 0 Å². The fourth-order valence-corrected chi connectivity index (χ4v) is 1.60. The molecule has 0 unspecified atom stereocenters. The van der Waals surface area contributed by atoms with Crippen molar-refractivity contribution >= 4 is 0 Å². The Bertz CT molecular complexity index is 454. The van der Waals surface area contributed by atoms with Gasteiger partial charge in [-0.05, 0) is 29.8 Å². The summed E-state index contributed by atoms with van der Waals surface area (Å²) in [6.07, 6.45) is 0. The first-order valence-corrected chi connectivity index (χ1v) is 5.90. The van der Waals surface area contributed by atoms with Gasteiger partial charge in [0, 0.05) is 13.7 Å². The van der Waals surface area contributed by atoms with Gasteiger partial charge in [-0.15, -0.1) is 0 Å². The molecule has 0 aromatic heterocycles. The van der Waals surface area contributed by atoms with Crippen molar-refractivity contribution in [3.05, 3.63) is 60.2 Å². The van der Waals surface area contributed by atoms with Gasteiger partial charge in [0.05, 0.1) is 6.73 Å². The molecule has 0 aliphatic rings. The van der Waals surface area contributed by atoms with E-state index in [-0.39, 0.29) is 0 Å². The first kappa shape index (κ1) is 12.6. The Hall–Kier alpha value is -1.84. The highest BCUT2D eigenvalue weighted by molar-refractivity contribution is 5.32. The molecule has 0 aliphatic carbocycles. The van der Waals surface area contributed by atoms with E-state index in [1.807, 2.05) is 54.6 Å². The molecule has 2 aromatic rings. The maximum absolute atomic E-state index is 5.71. The smallest absolute Gasteiger partial charge is 0.127 e. The molecular formula is C15H17NO2. The average molecular weight is 243 g/mol. The van der Waals surface area contributed by atoms with Crippen LogP contribution in [-0.2, 0) is 11.3 Å². The number of hydrogen-bond acceptors (Lipinski definition) is 3. The highest BCUT2D eigenvalue weighted by Gasteiger charge is 1.97. The Morgan fingerprint density at radius 3 is 2.22 bits per heavy atom. The predicted molar refractivity (Wildman–Crippen MR) is 71.7 cm³/mol. The lowest BCUT2D eigenvalue weighted by Crippen LogP contribution is -2.15. The number of rotatable bonds is 6. The van der Waals surface area contributed by atoms with E-state index in [2.05, 4.69) is 5.32 Å². The molecule has 3 heteroatoms. The summed E-state index contributed by atoms with van der Waals surface area (Å²) in [6.45, 7) is 1.35. The van der Waals surface area contributed by atoms with Crippen LogP contribution in [0, 0.1) is 0 Å². The molecule has 3 nitrogen and oxygen atoms in total. The maximum atomic E-state index is 5.71. The molecule has 0 saturated heterocycles. The summed E-state index contributed by atoms with van der Waals surface area (Å²) >= 11 is 0. The largest absolute Gasteiger partial charge is 0.457 e. The lowest BCUT2D eigenvalue weighted by Gasteiger charge is -2.07. The van der Waals surface area contributed by atoms with E-state index in [0.29, 0.717) is 6.73 Å². The van der Waals surface area contributed by atoms with E-state index in [9.17, 15) is 0 Å². The summed E-state index contributed by atoms with van der Waals surface area (Å²) in [4.78, 5) is 0. The third kappa shape index (κ3) is 3.87. The van der Waals surface area contributed by atoms with Crippen molar-refractivity contribution in [3.8, 4) is 11.5 Å². The lowest BCUT2D eigenvalue weighted by molar-refractivity contribution is 0.174. The van der Waals surface area contributed by atoms with Crippen molar-refractivity contribution in [2.45, 2.75) is 6.54 Å². The molecule has 1 N–H and O–H groups in total. The minimum atomic E-state index is 0.558. The number of methoxy groups -OCH3 is 1. The Morgan fingerprint density at radius 1 is 0.889 bits per heavy atom. The zero-order valence-electron chi connectivity index (χ0n) is 10.4. The minimum absolute atomic E-state index is 0.558. The Labute approximate surface area is 107 Å². The van der Waals surface area contributed by atoms with Crippen LogP contribution in [0.5, 0.6) is 11.5 Å². The first-order chi connectivity index (χ1) is 8.88. The van der Waals surface area contributed by atoms with Gasteiger partial charge in [0.2, 0.25) is 0 Å². The van der Waals surface area contributed by atoms with Crippen molar-refractivity contribution in [3.63, 3.8) is 0 Å². The Kier molecular flexibility index (Phi) is 4.76. The van der Waals surface area contributed by atoms with Crippen LogP contribution < -0.4 is 10.1 Å². The molecule has 0 atom stereocenters. The third-order valence-corrected chi connectivity index (χ3v) is 2.48. The molecule has 2 aromatic carbocycles. The zero-order valence-corrected chi connectivity index (χ0v) is 10.4. The monoisotopic (exact) mass is 243 g/mol. The Balaban J connectivity index is 1.91. The van der Waals surface area contributed by atoms with Gasteiger partial charge >= 0.3 is 0 Å². The second-order valence-electron chi connectivity index (χ2n) is 3.92. The number of nitrogens with one attached hydrogen (secondary N) is 1. The van der Waals surface area contributed by atoms with Gasteiger partial charge in [-0.25, -0.2) is 0 Å². The maximum Gasteiger partial charge on any atom is 0.127 e. The normalized spacial score (nSPS) is 10.3. The van der Waals surface area contributed by atoms with Gasteiger partial charge < -0.3 is 9.47 Å². The number of ether oxygens (including phenoxy) is 2. The summed E-state index contributed by atoms with van der Waals surface area (Å²) in [7, 11) is 1.67. The first-order valence-electron chi connectivity index (χ1n) is 5.90. The SMILES string of the molecule is COCNCc1ccc(Oc2ccccc2)cc1. The molecule has 18 heavy (non-hydrogen) atoms. The molecule has 0 radical (unpaired) electrons. The van der Waals surface area contributed by atoms with Crippen LogP contribution in [0.3, 0.4) is 0 Å². The van der Waals surface area contributed by atoms with E-state index >= 15 is 0 Å². The van der Waals surface area contributed by atoms with E-state index in [0.717, 1.165) is 18.0 Å². The number of benzene rings is 2. The van der Waals surface area contributed by atoms with Crippen LogP contribution in [0.1, 0.15) is 5.56 Å². The predicted octanol–water partition coefficient (Wildman–Crippen LogP) is 3.17. The van der Waals surface area contributed by atoms with Crippen LogP contribution in [0.25, 0.3) is 0 Å². The van der Waals surface area contributed by atoms with Crippen LogP contribution in [0.2, 0.25) is 0 Å². The molecule has 0 spiro atoms. The van der Waals surface area contributed by atoms with Crippen LogP contribution in [0.15, 0.2) is 54.6 Å². The van der Waals surface area contributed by atoms with E-state index in [1.54, 1.807) is 7.11 Å². The van der Waals surface area contributed by atoms with Crippen molar-refractivity contribution in [2.24, 2.45) is 0 Å². The van der Waals surface area contributed by atoms with Gasteiger partial charge in [0.1, 0.15) is 11.5 Å². The summed E-state index contributed by atoms with van der Waals surface area (Å²) in [5.41, 5.74) is 1.20. The molecule has 0 amide bonds. The Morgan fingerprint density at radius 2 is 1.56 bits per heavy atom. The minimum Gasteiger partial charge on any atom is -0.457 e. The molecule has 0 aliphatic heterocycles. The fourth-order valence-electron chi connectivity index (χ4n) is 1.60. The summed E-state index contributed by atoms with van der Waals surface area (Å²) < 4.78 is 10.6. The molecule has 0 heterocycles. The van der Waals surface area contributed by atoms with Gasteiger partial charge in [-0.3, -0.25) is 5.32 Å². The summed E-state index contributed by atoms with van der Waals surface area (Å²) in [5, 5.41) is 3.16. The topological polar surface area (TPSA) is 30.5 Å². The lowest BCUT2D eigenvalue weighted by atomic mass is 10.2. The number of para-hydroxylation sites is 1. The van der Waals surface area contributed by atoms with Gasteiger partial charge in [0.15, 0.2) is 0 Å². The molecule has 2 rings (SSSR count). The van der Waals surface area contributed by atoms with Gasteiger partial charge in [-0.1, -0.05) is 30.3 Å². The van der Waals surface area contributed by atoms with Crippen molar-refractivity contribution in [1.29, 1.82) is 0 Å².